The number of hydrogen-bond acceptors (Lipinski definition) is 4. The Morgan fingerprint density at radius 1 is 1.30 bits per heavy atom. The van der Waals surface area contributed by atoms with Crippen molar-refractivity contribution >= 4 is 11.9 Å². The van der Waals surface area contributed by atoms with Gasteiger partial charge in [-0.2, -0.15) is 0 Å². The van der Waals surface area contributed by atoms with Crippen LogP contribution in [0.25, 0.3) is 0 Å². The predicted molar refractivity (Wildman–Crippen MR) is 73.8 cm³/mol. The molecule has 0 bridgehead atoms. The minimum atomic E-state index is -1.09. The van der Waals surface area contributed by atoms with Crippen molar-refractivity contribution in [2.45, 2.75) is 18.9 Å². The molecule has 0 radical (unpaired) electrons. The van der Waals surface area contributed by atoms with Crippen LogP contribution in [0.15, 0.2) is 18.3 Å². The summed E-state index contributed by atoms with van der Waals surface area (Å²) in [6.07, 6.45) is 3.25. The summed E-state index contributed by atoms with van der Waals surface area (Å²) in [5.41, 5.74) is 0.395. The lowest BCUT2D eigenvalue weighted by molar-refractivity contribution is 0.0656. The summed E-state index contributed by atoms with van der Waals surface area (Å²) in [6.45, 7) is 1.45. The van der Waals surface area contributed by atoms with E-state index >= 15 is 0 Å². The molecular formula is C14H19N3O3. The molecule has 2 rings (SSSR count). The molecule has 6 heteroatoms. The smallest absolute Gasteiger partial charge is 0.354 e. The van der Waals surface area contributed by atoms with Crippen molar-refractivity contribution in [1.82, 2.24) is 14.8 Å². The van der Waals surface area contributed by atoms with Crippen LogP contribution in [-0.2, 0) is 0 Å². The van der Waals surface area contributed by atoms with Crippen LogP contribution in [0.4, 0.5) is 0 Å². The fourth-order valence-electron chi connectivity index (χ4n) is 2.41. The van der Waals surface area contributed by atoms with Crippen molar-refractivity contribution in [3.8, 4) is 0 Å². The zero-order valence-corrected chi connectivity index (χ0v) is 11.7. The monoisotopic (exact) mass is 277 g/mol. The molecule has 2 heterocycles. The lowest BCUT2D eigenvalue weighted by Crippen LogP contribution is -2.44. The number of aromatic nitrogens is 1. The van der Waals surface area contributed by atoms with E-state index < -0.39 is 5.97 Å². The molecule has 1 aliphatic rings. The van der Waals surface area contributed by atoms with Crippen LogP contribution in [0, 0.1) is 0 Å². The molecule has 1 fully saturated rings. The van der Waals surface area contributed by atoms with Crippen LogP contribution < -0.4 is 0 Å². The third-order valence-electron chi connectivity index (χ3n) is 3.71. The maximum Gasteiger partial charge on any atom is 0.354 e. The Kier molecular flexibility index (Phi) is 4.34. The summed E-state index contributed by atoms with van der Waals surface area (Å²) in [5, 5.41) is 8.78. The Balaban J connectivity index is 2.00. The number of carboxylic acids is 1. The fourth-order valence-corrected chi connectivity index (χ4v) is 2.41. The van der Waals surface area contributed by atoms with E-state index in [2.05, 4.69) is 24.0 Å². The topological polar surface area (TPSA) is 73.7 Å². The molecule has 0 aromatic carbocycles. The second kappa shape index (κ2) is 6.00. The van der Waals surface area contributed by atoms with Crippen LogP contribution in [-0.4, -0.2) is 65.0 Å². The van der Waals surface area contributed by atoms with E-state index in [0.717, 1.165) is 25.9 Å². The van der Waals surface area contributed by atoms with Gasteiger partial charge in [0.1, 0.15) is 5.69 Å². The summed E-state index contributed by atoms with van der Waals surface area (Å²) >= 11 is 0. The van der Waals surface area contributed by atoms with Crippen molar-refractivity contribution in [2.75, 3.05) is 27.2 Å². The number of nitrogens with zero attached hydrogens (tertiary/aromatic N) is 3. The van der Waals surface area contributed by atoms with Crippen LogP contribution in [0.5, 0.6) is 0 Å². The molecular weight excluding hydrogens is 258 g/mol. The Bertz CT molecular complexity index is 491. The Hall–Kier alpha value is -1.95. The van der Waals surface area contributed by atoms with Gasteiger partial charge in [-0.1, -0.05) is 0 Å². The van der Waals surface area contributed by atoms with E-state index in [1.807, 2.05) is 0 Å². The molecule has 1 aliphatic heterocycles. The van der Waals surface area contributed by atoms with Crippen LogP contribution in [0.1, 0.15) is 33.7 Å². The predicted octanol–water partition coefficient (Wildman–Crippen LogP) is 0.946. The van der Waals surface area contributed by atoms with Gasteiger partial charge < -0.3 is 14.9 Å². The van der Waals surface area contributed by atoms with Crippen LogP contribution >= 0.6 is 0 Å². The molecule has 0 atom stereocenters. The van der Waals surface area contributed by atoms with Gasteiger partial charge in [-0.15, -0.1) is 0 Å². The zero-order chi connectivity index (χ0) is 14.7. The average molecular weight is 277 g/mol. The maximum absolute atomic E-state index is 12.3. The number of pyridine rings is 1. The van der Waals surface area contributed by atoms with Gasteiger partial charge in [-0.25, -0.2) is 9.78 Å². The number of rotatable bonds is 3. The van der Waals surface area contributed by atoms with Gasteiger partial charge in [0.2, 0.25) is 0 Å². The number of hydrogen-bond donors (Lipinski definition) is 1. The van der Waals surface area contributed by atoms with Crippen molar-refractivity contribution in [3.05, 3.63) is 29.6 Å². The minimum absolute atomic E-state index is 0.0483. The standard InChI is InChI=1S/C14H19N3O3/c1-16(2)11-5-7-17(8-6-11)13(18)10-3-4-12(14(19)20)15-9-10/h3-4,9,11H,5-8H2,1-2H3,(H,19,20). The third-order valence-corrected chi connectivity index (χ3v) is 3.71. The number of carbonyl (C=O) groups is 2. The summed E-state index contributed by atoms with van der Waals surface area (Å²) in [6, 6.07) is 3.41. The lowest BCUT2D eigenvalue weighted by Gasteiger charge is -2.35. The number of piperidine rings is 1. The van der Waals surface area contributed by atoms with Gasteiger partial charge in [-0.3, -0.25) is 4.79 Å². The van der Waals surface area contributed by atoms with Gasteiger partial charge in [0.15, 0.2) is 0 Å². The van der Waals surface area contributed by atoms with E-state index in [1.165, 1.54) is 18.3 Å². The molecule has 108 valence electrons. The SMILES string of the molecule is CN(C)C1CCN(C(=O)c2ccc(C(=O)O)nc2)CC1. The highest BCUT2D eigenvalue weighted by Crippen LogP contribution is 2.16. The highest BCUT2D eigenvalue weighted by atomic mass is 16.4. The normalized spacial score (nSPS) is 16.4. The van der Waals surface area contributed by atoms with E-state index in [-0.39, 0.29) is 11.6 Å². The molecule has 0 saturated carbocycles. The third kappa shape index (κ3) is 3.14. The first-order chi connectivity index (χ1) is 9.49. The molecule has 6 nitrogen and oxygen atoms in total. The molecule has 0 unspecified atom stereocenters. The second-order valence-electron chi connectivity index (χ2n) is 5.22. The first-order valence-electron chi connectivity index (χ1n) is 6.64. The fraction of sp³-hybridized carbons (Fsp3) is 0.500. The van der Waals surface area contributed by atoms with Crippen molar-refractivity contribution in [3.63, 3.8) is 0 Å². The van der Waals surface area contributed by atoms with Gasteiger partial charge >= 0.3 is 5.97 Å². The largest absolute Gasteiger partial charge is 0.477 e. The van der Waals surface area contributed by atoms with Gasteiger partial charge in [-0.05, 0) is 39.1 Å². The van der Waals surface area contributed by atoms with Gasteiger partial charge in [0.05, 0.1) is 5.56 Å². The first-order valence-corrected chi connectivity index (χ1v) is 6.64. The molecule has 1 amide bonds. The maximum atomic E-state index is 12.3. The summed E-state index contributed by atoms with van der Waals surface area (Å²) in [5.74, 6) is -1.16. The number of carboxylic acid groups (broad SMARTS) is 1. The van der Waals surface area contributed by atoms with E-state index in [1.54, 1.807) is 4.90 Å². The van der Waals surface area contributed by atoms with E-state index in [0.29, 0.717) is 11.6 Å². The molecule has 1 N–H and O–H groups in total. The van der Waals surface area contributed by atoms with E-state index in [4.69, 9.17) is 5.11 Å². The van der Waals surface area contributed by atoms with Crippen LogP contribution in [0.2, 0.25) is 0 Å². The molecule has 1 aromatic rings. The Morgan fingerprint density at radius 3 is 2.40 bits per heavy atom. The molecule has 20 heavy (non-hydrogen) atoms. The quantitative estimate of drug-likeness (QED) is 0.890. The molecule has 0 spiro atoms. The summed E-state index contributed by atoms with van der Waals surface area (Å²) in [7, 11) is 4.10. The number of carbonyl (C=O) groups excluding carboxylic acids is 1. The summed E-state index contributed by atoms with van der Waals surface area (Å²) < 4.78 is 0. The number of amides is 1. The second-order valence-corrected chi connectivity index (χ2v) is 5.22. The zero-order valence-electron chi connectivity index (χ0n) is 11.7. The van der Waals surface area contributed by atoms with Gasteiger partial charge in [0, 0.05) is 25.3 Å². The first kappa shape index (κ1) is 14.5. The molecule has 0 aliphatic carbocycles. The van der Waals surface area contributed by atoms with Gasteiger partial charge in [0.25, 0.3) is 5.91 Å². The number of aromatic carboxylic acids is 1. The highest BCUT2D eigenvalue weighted by Gasteiger charge is 2.24. The average Bonchev–Trinajstić information content (AvgIpc) is 2.46. The Morgan fingerprint density at radius 2 is 1.95 bits per heavy atom. The minimum Gasteiger partial charge on any atom is -0.477 e. The van der Waals surface area contributed by atoms with Crippen molar-refractivity contribution < 1.29 is 14.7 Å². The summed E-state index contributed by atoms with van der Waals surface area (Å²) in [4.78, 5) is 30.8. The Labute approximate surface area is 118 Å². The van der Waals surface area contributed by atoms with Crippen molar-refractivity contribution in [2.24, 2.45) is 0 Å². The lowest BCUT2D eigenvalue weighted by atomic mass is 10.0. The van der Waals surface area contributed by atoms with Crippen molar-refractivity contribution in [1.29, 1.82) is 0 Å². The van der Waals surface area contributed by atoms with E-state index in [9.17, 15) is 9.59 Å². The number of likely N-dealkylation sites (tertiary alicyclic amines) is 1. The molecule has 1 saturated heterocycles. The molecule has 1 aromatic heterocycles. The van der Waals surface area contributed by atoms with Crippen LogP contribution in [0.3, 0.4) is 0 Å². The highest BCUT2D eigenvalue weighted by molar-refractivity contribution is 5.95.